The second-order valence-electron chi connectivity index (χ2n) is 4.43. The van der Waals surface area contributed by atoms with Gasteiger partial charge in [-0.25, -0.2) is 0 Å². The van der Waals surface area contributed by atoms with Gasteiger partial charge in [0.05, 0.1) is 0 Å². The van der Waals surface area contributed by atoms with Crippen LogP contribution in [0.25, 0.3) is 0 Å². The molecule has 1 rings (SSSR count). The van der Waals surface area contributed by atoms with Gasteiger partial charge >= 0.3 is 0 Å². The first-order valence-electron chi connectivity index (χ1n) is 6.04. The van der Waals surface area contributed by atoms with Crippen molar-refractivity contribution in [2.75, 3.05) is 0 Å². The Bertz CT molecular complexity index is 116. The van der Waals surface area contributed by atoms with Crippen molar-refractivity contribution >= 4 is 0 Å². The number of hydrogen-bond acceptors (Lipinski definition) is 0. The molecular formula is C13H24. The predicted octanol–water partition coefficient (Wildman–Crippen LogP) is 4.70. The van der Waals surface area contributed by atoms with E-state index in [4.69, 9.17) is 0 Å². The molecule has 0 heterocycles. The van der Waals surface area contributed by atoms with E-state index < -0.39 is 0 Å². The van der Waals surface area contributed by atoms with E-state index in [0.717, 1.165) is 5.92 Å². The van der Waals surface area contributed by atoms with E-state index in [9.17, 15) is 0 Å². The third-order valence-corrected chi connectivity index (χ3v) is 3.25. The van der Waals surface area contributed by atoms with Crippen molar-refractivity contribution in [1.82, 2.24) is 0 Å². The van der Waals surface area contributed by atoms with E-state index in [0.29, 0.717) is 0 Å². The molecule has 0 unspecified atom stereocenters. The van der Waals surface area contributed by atoms with E-state index >= 15 is 0 Å². The smallest absolute Gasteiger partial charge is 0.0351 e. The number of rotatable bonds is 3. The molecule has 0 amide bonds. The minimum atomic E-state index is 1.01. The first-order valence-corrected chi connectivity index (χ1v) is 6.04. The Balaban J connectivity index is 2.19. The zero-order valence-corrected chi connectivity index (χ0v) is 8.93. The first-order chi connectivity index (χ1) is 6.43. The second-order valence-corrected chi connectivity index (χ2v) is 4.43. The Hall–Kier alpha value is -0.260. The lowest BCUT2D eigenvalue weighted by Gasteiger charge is -2.14. The summed E-state index contributed by atoms with van der Waals surface area (Å²) in [4.78, 5) is 0. The van der Waals surface area contributed by atoms with Gasteiger partial charge in [-0.1, -0.05) is 57.4 Å². The lowest BCUT2D eigenvalue weighted by atomic mass is 9.92. The Morgan fingerprint density at radius 2 is 1.46 bits per heavy atom. The lowest BCUT2D eigenvalue weighted by Crippen LogP contribution is -1.99. The third-order valence-electron chi connectivity index (χ3n) is 3.25. The molecule has 13 heavy (non-hydrogen) atoms. The summed E-state index contributed by atoms with van der Waals surface area (Å²) in [5.41, 5.74) is 0. The van der Waals surface area contributed by atoms with Crippen LogP contribution in [-0.4, -0.2) is 0 Å². The largest absolute Gasteiger partial charge is 0.103 e. The van der Waals surface area contributed by atoms with Crippen LogP contribution >= 0.6 is 0 Å². The summed E-state index contributed by atoms with van der Waals surface area (Å²) in [5.74, 6) is 1.01. The standard InChI is InChI=1S/C13H24/c1-2-3-10-13-11-8-6-4-5-7-9-12-13/h2,13H,1,3-12H2. The van der Waals surface area contributed by atoms with E-state index in [1.807, 2.05) is 0 Å². The van der Waals surface area contributed by atoms with Gasteiger partial charge in [-0.3, -0.25) is 0 Å². The monoisotopic (exact) mass is 180 g/mol. The highest BCUT2D eigenvalue weighted by molar-refractivity contribution is 4.71. The van der Waals surface area contributed by atoms with E-state index in [-0.39, 0.29) is 0 Å². The Kier molecular flexibility index (Phi) is 5.97. The molecule has 0 aromatic carbocycles. The molecule has 1 aliphatic rings. The van der Waals surface area contributed by atoms with Crippen LogP contribution in [0.5, 0.6) is 0 Å². The molecule has 1 fully saturated rings. The summed E-state index contributed by atoms with van der Waals surface area (Å²) in [5, 5.41) is 0. The van der Waals surface area contributed by atoms with Gasteiger partial charge in [0, 0.05) is 0 Å². The first kappa shape index (κ1) is 10.8. The van der Waals surface area contributed by atoms with Gasteiger partial charge in [-0.05, 0) is 18.8 Å². The van der Waals surface area contributed by atoms with Gasteiger partial charge in [-0.15, -0.1) is 6.58 Å². The van der Waals surface area contributed by atoms with Gasteiger partial charge in [-0.2, -0.15) is 0 Å². The van der Waals surface area contributed by atoms with Crippen molar-refractivity contribution in [2.24, 2.45) is 5.92 Å². The summed E-state index contributed by atoms with van der Waals surface area (Å²) in [6, 6.07) is 0. The van der Waals surface area contributed by atoms with Crippen LogP contribution in [0, 0.1) is 5.92 Å². The van der Waals surface area contributed by atoms with E-state index in [1.165, 1.54) is 64.2 Å². The fraction of sp³-hybridized carbons (Fsp3) is 0.846. The van der Waals surface area contributed by atoms with Crippen molar-refractivity contribution in [1.29, 1.82) is 0 Å². The molecule has 0 spiro atoms. The molecule has 0 bridgehead atoms. The molecule has 0 N–H and O–H groups in total. The molecule has 0 aromatic heterocycles. The topological polar surface area (TPSA) is 0 Å². The zero-order valence-electron chi connectivity index (χ0n) is 8.93. The van der Waals surface area contributed by atoms with Gasteiger partial charge in [0.2, 0.25) is 0 Å². The normalized spacial score (nSPS) is 21.5. The van der Waals surface area contributed by atoms with E-state index in [1.54, 1.807) is 0 Å². The van der Waals surface area contributed by atoms with Crippen LogP contribution in [0.15, 0.2) is 12.7 Å². The summed E-state index contributed by atoms with van der Waals surface area (Å²) in [6.45, 7) is 3.81. The van der Waals surface area contributed by atoms with Crippen LogP contribution in [0.4, 0.5) is 0 Å². The number of allylic oxidation sites excluding steroid dienone is 1. The van der Waals surface area contributed by atoms with Crippen molar-refractivity contribution < 1.29 is 0 Å². The fourth-order valence-electron chi connectivity index (χ4n) is 2.36. The Morgan fingerprint density at radius 3 is 2.00 bits per heavy atom. The molecule has 0 aliphatic heterocycles. The number of hydrogen-bond donors (Lipinski definition) is 0. The summed E-state index contributed by atoms with van der Waals surface area (Å²) in [7, 11) is 0. The molecule has 0 radical (unpaired) electrons. The maximum atomic E-state index is 3.81. The maximum absolute atomic E-state index is 3.81. The molecule has 0 heteroatoms. The zero-order chi connectivity index (χ0) is 9.36. The van der Waals surface area contributed by atoms with Gasteiger partial charge < -0.3 is 0 Å². The van der Waals surface area contributed by atoms with Crippen molar-refractivity contribution in [3.63, 3.8) is 0 Å². The summed E-state index contributed by atoms with van der Waals surface area (Å²) < 4.78 is 0. The molecule has 1 aliphatic carbocycles. The summed E-state index contributed by atoms with van der Waals surface area (Å²) in [6.07, 6.45) is 16.5. The van der Waals surface area contributed by atoms with E-state index in [2.05, 4.69) is 12.7 Å². The van der Waals surface area contributed by atoms with Crippen LogP contribution in [-0.2, 0) is 0 Å². The molecular weight excluding hydrogens is 156 g/mol. The van der Waals surface area contributed by atoms with Crippen LogP contribution in [0.3, 0.4) is 0 Å². The highest BCUT2D eigenvalue weighted by atomic mass is 14.1. The average molecular weight is 180 g/mol. The third kappa shape index (κ3) is 5.13. The van der Waals surface area contributed by atoms with Crippen LogP contribution < -0.4 is 0 Å². The molecule has 1 saturated carbocycles. The van der Waals surface area contributed by atoms with Crippen LogP contribution in [0.2, 0.25) is 0 Å². The maximum Gasteiger partial charge on any atom is -0.0351 e. The van der Waals surface area contributed by atoms with Crippen molar-refractivity contribution in [3.8, 4) is 0 Å². The SMILES string of the molecule is C=CCCC1CCCCCCCC1. The highest BCUT2D eigenvalue weighted by Crippen LogP contribution is 2.25. The lowest BCUT2D eigenvalue weighted by molar-refractivity contribution is 0.403. The Labute approximate surface area is 83.4 Å². The van der Waals surface area contributed by atoms with Gasteiger partial charge in [0.25, 0.3) is 0 Å². The minimum absolute atomic E-state index is 1.01. The quantitative estimate of drug-likeness (QED) is 0.552. The highest BCUT2D eigenvalue weighted by Gasteiger charge is 2.09. The van der Waals surface area contributed by atoms with Gasteiger partial charge in [0.1, 0.15) is 0 Å². The molecule has 76 valence electrons. The summed E-state index contributed by atoms with van der Waals surface area (Å²) >= 11 is 0. The van der Waals surface area contributed by atoms with Crippen molar-refractivity contribution in [2.45, 2.75) is 64.2 Å². The van der Waals surface area contributed by atoms with Gasteiger partial charge in [0.15, 0.2) is 0 Å². The molecule has 0 saturated heterocycles. The predicted molar refractivity (Wildman–Crippen MR) is 59.9 cm³/mol. The second kappa shape index (κ2) is 7.17. The van der Waals surface area contributed by atoms with Crippen LogP contribution in [0.1, 0.15) is 64.2 Å². The average Bonchev–Trinajstić information content (AvgIpc) is 2.28. The Morgan fingerprint density at radius 1 is 0.923 bits per heavy atom. The minimum Gasteiger partial charge on any atom is -0.103 e. The fourth-order valence-corrected chi connectivity index (χ4v) is 2.36. The van der Waals surface area contributed by atoms with Crippen molar-refractivity contribution in [3.05, 3.63) is 12.7 Å². The molecule has 0 nitrogen and oxygen atoms in total. The molecule has 0 aromatic rings. The molecule has 0 atom stereocenters.